The van der Waals surface area contributed by atoms with Crippen molar-refractivity contribution in [2.75, 3.05) is 6.54 Å². The highest BCUT2D eigenvalue weighted by Gasteiger charge is 2.38. The van der Waals surface area contributed by atoms with Gasteiger partial charge < -0.3 is 10.1 Å². The number of benzene rings is 1. The van der Waals surface area contributed by atoms with Crippen molar-refractivity contribution in [1.29, 1.82) is 0 Å². The molecule has 7 nitrogen and oxygen atoms in total. The topological polar surface area (TPSA) is 84.4 Å². The second kappa shape index (κ2) is 8.81. The number of nitrogens with one attached hydrogen (secondary N) is 1. The highest BCUT2D eigenvalue weighted by atomic mass is 35.5. The first-order chi connectivity index (χ1) is 13.0. The number of carbonyl (C=O) groups is 2. The molecule has 1 fully saturated rings. The molecule has 8 heteroatoms. The van der Waals surface area contributed by atoms with Gasteiger partial charge in [-0.25, -0.2) is 9.78 Å². The summed E-state index contributed by atoms with van der Waals surface area (Å²) in [6.45, 7) is 2.82. The number of nitrogens with zero attached hydrogens (tertiary/aromatic N) is 3. The fourth-order valence-corrected chi connectivity index (χ4v) is 3.23. The van der Waals surface area contributed by atoms with Crippen molar-refractivity contribution in [3.05, 3.63) is 59.1 Å². The molecule has 0 spiro atoms. The number of likely N-dealkylation sites (tertiary alicyclic amines) is 1. The summed E-state index contributed by atoms with van der Waals surface area (Å²) in [6, 6.07) is 8.86. The molecule has 142 valence electrons. The maximum absolute atomic E-state index is 12.6. The number of carbonyl (C=O) groups excluding carboxylic acids is 2. The van der Waals surface area contributed by atoms with E-state index >= 15 is 0 Å². The highest BCUT2D eigenvalue weighted by Crippen LogP contribution is 2.24. The molecule has 2 heterocycles. The van der Waals surface area contributed by atoms with E-state index < -0.39 is 12.1 Å². The molecule has 27 heavy (non-hydrogen) atoms. The molecule has 3 rings (SSSR count). The minimum atomic E-state index is -0.571. The van der Waals surface area contributed by atoms with Gasteiger partial charge in [0.2, 0.25) is 5.91 Å². The Kier molecular flexibility index (Phi) is 6.24. The van der Waals surface area contributed by atoms with Gasteiger partial charge in [-0.2, -0.15) is 0 Å². The monoisotopic (exact) mass is 388 g/mol. The molecule has 1 N–H and O–H groups in total. The maximum atomic E-state index is 12.6. The SMILES string of the molecule is C[C@H]1C[C@@H](C(=O)NCc2nccnc2Cl)N(C(=O)OCc2ccccc2)C1. The summed E-state index contributed by atoms with van der Waals surface area (Å²) in [6.07, 6.45) is 3.09. The lowest BCUT2D eigenvalue weighted by Gasteiger charge is -2.23. The van der Waals surface area contributed by atoms with Crippen molar-refractivity contribution in [2.24, 2.45) is 5.92 Å². The summed E-state index contributed by atoms with van der Waals surface area (Å²) in [7, 11) is 0. The first kappa shape index (κ1) is 19.1. The van der Waals surface area contributed by atoms with Crippen LogP contribution in [0.1, 0.15) is 24.6 Å². The second-order valence-electron chi connectivity index (χ2n) is 6.56. The van der Waals surface area contributed by atoms with Crippen molar-refractivity contribution in [3.8, 4) is 0 Å². The van der Waals surface area contributed by atoms with Gasteiger partial charge in [0.15, 0.2) is 5.15 Å². The molecule has 1 aliphatic heterocycles. The first-order valence-electron chi connectivity index (χ1n) is 8.75. The fraction of sp³-hybridized carbons (Fsp3) is 0.368. The summed E-state index contributed by atoms with van der Waals surface area (Å²) in [5.74, 6) is -0.0390. The minimum absolute atomic E-state index is 0.156. The summed E-state index contributed by atoms with van der Waals surface area (Å²) in [5.41, 5.74) is 1.38. The number of hydrogen-bond donors (Lipinski definition) is 1. The van der Waals surface area contributed by atoms with Gasteiger partial charge in [0, 0.05) is 18.9 Å². The molecular formula is C19H21ClN4O3. The van der Waals surface area contributed by atoms with Crippen molar-refractivity contribution in [3.63, 3.8) is 0 Å². The van der Waals surface area contributed by atoms with Crippen LogP contribution < -0.4 is 5.32 Å². The van der Waals surface area contributed by atoms with Crippen LogP contribution >= 0.6 is 11.6 Å². The van der Waals surface area contributed by atoms with Gasteiger partial charge in [0.25, 0.3) is 0 Å². The van der Waals surface area contributed by atoms with Gasteiger partial charge in [0.1, 0.15) is 12.6 Å². The molecule has 1 saturated heterocycles. The Morgan fingerprint density at radius 3 is 2.74 bits per heavy atom. The molecule has 0 aliphatic carbocycles. The van der Waals surface area contributed by atoms with Crippen LogP contribution in [0.5, 0.6) is 0 Å². The molecule has 0 bridgehead atoms. The molecule has 1 aromatic heterocycles. The van der Waals surface area contributed by atoms with Crippen LogP contribution in [-0.4, -0.2) is 39.5 Å². The molecule has 2 aromatic rings. The van der Waals surface area contributed by atoms with Crippen LogP contribution in [0.2, 0.25) is 5.15 Å². The van der Waals surface area contributed by atoms with Gasteiger partial charge >= 0.3 is 6.09 Å². The van der Waals surface area contributed by atoms with Crippen LogP contribution in [0.25, 0.3) is 0 Å². The first-order valence-corrected chi connectivity index (χ1v) is 9.13. The molecule has 0 unspecified atom stereocenters. The molecule has 2 amide bonds. The number of ether oxygens (including phenoxy) is 1. The van der Waals surface area contributed by atoms with E-state index in [4.69, 9.17) is 16.3 Å². The Bertz CT molecular complexity index is 803. The lowest BCUT2D eigenvalue weighted by Crippen LogP contribution is -2.46. The van der Waals surface area contributed by atoms with Gasteiger partial charge in [-0.15, -0.1) is 0 Å². The third-order valence-corrected chi connectivity index (χ3v) is 4.72. The quantitative estimate of drug-likeness (QED) is 0.851. The third kappa shape index (κ3) is 4.95. The van der Waals surface area contributed by atoms with Crippen molar-refractivity contribution in [2.45, 2.75) is 32.5 Å². The lowest BCUT2D eigenvalue weighted by atomic mass is 10.1. The zero-order valence-electron chi connectivity index (χ0n) is 15.0. The Balaban J connectivity index is 1.58. The van der Waals surface area contributed by atoms with E-state index in [0.717, 1.165) is 5.56 Å². The predicted molar refractivity (Wildman–Crippen MR) is 99.8 cm³/mol. The van der Waals surface area contributed by atoms with Crippen molar-refractivity contribution >= 4 is 23.6 Å². The van der Waals surface area contributed by atoms with Crippen molar-refractivity contribution < 1.29 is 14.3 Å². The summed E-state index contributed by atoms with van der Waals surface area (Å²) in [4.78, 5) is 34.6. The van der Waals surface area contributed by atoms with Gasteiger partial charge in [-0.05, 0) is 17.9 Å². The van der Waals surface area contributed by atoms with E-state index in [1.165, 1.54) is 17.3 Å². The second-order valence-corrected chi connectivity index (χ2v) is 6.92. The predicted octanol–water partition coefficient (Wildman–Crippen LogP) is 2.79. The van der Waals surface area contributed by atoms with E-state index in [1.54, 1.807) is 0 Å². The molecule has 0 saturated carbocycles. The summed E-state index contributed by atoms with van der Waals surface area (Å²) >= 11 is 5.96. The van der Waals surface area contributed by atoms with E-state index in [-0.39, 0.29) is 30.1 Å². The maximum Gasteiger partial charge on any atom is 0.410 e. The van der Waals surface area contributed by atoms with Crippen LogP contribution in [0, 0.1) is 5.92 Å². The Morgan fingerprint density at radius 2 is 2.00 bits per heavy atom. The zero-order valence-corrected chi connectivity index (χ0v) is 15.7. The van der Waals surface area contributed by atoms with E-state index in [9.17, 15) is 9.59 Å². The lowest BCUT2D eigenvalue weighted by molar-refractivity contribution is -0.125. The van der Waals surface area contributed by atoms with E-state index in [0.29, 0.717) is 18.7 Å². The molecule has 1 aromatic carbocycles. The highest BCUT2D eigenvalue weighted by molar-refractivity contribution is 6.29. The molecular weight excluding hydrogens is 368 g/mol. The summed E-state index contributed by atoms with van der Waals surface area (Å²) < 4.78 is 5.39. The van der Waals surface area contributed by atoms with Gasteiger partial charge in [-0.3, -0.25) is 14.7 Å². The normalized spacial score (nSPS) is 19.0. The Labute approximate surface area is 162 Å². The third-order valence-electron chi connectivity index (χ3n) is 4.41. The number of amides is 2. The average Bonchev–Trinajstić information content (AvgIpc) is 3.08. The molecule has 1 aliphatic rings. The smallest absolute Gasteiger partial charge is 0.410 e. The van der Waals surface area contributed by atoms with E-state index in [1.807, 2.05) is 37.3 Å². The fourth-order valence-electron chi connectivity index (χ4n) is 3.06. The van der Waals surface area contributed by atoms with Crippen LogP contribution in [-0.2, 0) is 22.7 Å². The van der Waals surface area contributed by atoms with Gasteiger partial charge in [0.05, 0.1) is 12.2 Å². The van der Waals surface area contributed by atoms with Crippen molar-refractivity contribution in [1.82, 2.24) is 20.2 Å². The number of hydrogen-bond acceptors (Lipinski definition) is 5. The Morgan fingerprint density at radius 1 is 1.26 bits per heavy atom. The average molecular weight is 389 g/mol. The zero-order chi connectivity index (χ0) is 19.2. The van der Waals surface area contributed by atoms with Crippen LogP contribution in [0.4, 0.5) is 4.79 Å². The van der Waals surface area contributed by atoms with Gasteiger partial charge in [-0.1, -0.05) is 48.9 Å². The molecule has 2 atom stereocenters. The van der Waals surface area contributed by atoms with Crippen LogP contribution in [0.15, 0.2) is 42.7 Å². The van der Waals surface area contributed by atoms with Crippen LogP contribution in [0.3, 0.4) is 0 Å². The van der Waals surface area contributed by atoms with E-state index in [2.05, 4.69) is 15.3 Å². The number of aromatic nitrogens is 2. The Hall–Kier alpha value is -2.67. The largest absolute Gasteiger partial charge is 0.445 e. The number of rotatable bonds is 5. The summed E-state index contributed by atoms with van der Waals surface area (Å²) in [5, 5.41) is 3.03. The standard InChI is InChI=1S/C19H21ClN4O3/c1-13-9-16(18(25)23-10-15-17(20)22-8-7-21-15)24(11-13)19(26)27-12-14-5-3-2-4-6-14/h2-8,13,16H,9-12H2,1H3,(H,23,25)/t13-,16-/m0/s1. The molecule has 0 radical (unpaired) electrons. The minimum Gasteiger partial charge on any atom is -0.445 e. The number of halogens is 1.